The summed E-state index contributed by atoms with van der Waals surface area (Å²) in [6, 6.07) is 4.20. The van der Waals surface area contributed by atoms with Crippen LogP contribution in [0.15, 0.2) is 18.2 Å². The van der Waals surface area contributed by atoms with Crippen molar-refractivity contribution in [3.8, 4) is 0 Å². The van der Waals surface area contributed by atoms with Gasteiger partial charge in [0, 0.05) is 11.6 Å². The first-order valence-electron chi connectivity index (χ1n) is 5.64. The van der Waals surface area contributed by atoms with Crippen LogP contribution in [0.5, 0.6) is 0 Å². The third kappa shape index (κ3) is 3.00. The molecule has 0 aromatic heterocycles. The van der Waals surface area contributed by atoms with Crippen LogP contribution in [0.1, 0.15) is 32.3 Å². The van der Waals surface area contributed by atoms with Gasteiger partial charge in [0.25, 0.3) is 0 Å². The molecule has 94 valence electrons. The number of nitrogens with two attached hydrogens (primary N) is 1. The molecule has 2 N–H and O–H groups in total. The second-order valence-corrected chi connectivity index (χ2v) is 4.25. The van der Waals surface area contributed by atoms with E-state index in [-0.39, 0.29) is 0 Å². The van der Waals surface area contributed by atoms with E-state index in [0.717, 1.165) is 6.07 Å². The number of hydrogen-bond donors (Lipinski definition) is 1. The minimum Gasteiger partial charge on any atom is -0.325 e. The summed E-state index contributed by atoms with van der Waals surface area (Å²) in [4.78, 5) is 9.90. The lowest BCUT2D eigenvalue weighted by atomic mass is 9.86. The molecule has 0 saturated carbocycles. The number of nitro groups is 1. The van der Waals surface area contributed by atoms with E-state index in [0.29, 0.717) is 24.8 Å². The predicted molar refractivity (Wildman–Crippen MR) is 64.3 cm³/mol. The maximum absolute atomic E-state index is 13.8. The van der Waals surface area contributed by atoms with Gasteiger partial charge in [0.2, 0.25) is 5.82 Å². The van der Waals surface area contributed by atoms with Crippen LogP contribution in [0.25, 0.3) is 0 Å². The molecule has 1 rings (SSSR count). The highest BCUT2D eigenvalue weighted by Gasteiger charge is 2.25. The lowest BCUT2D eigenvalue weighted by Gasteiger charge is -2.26. The van der Waals surface area contributed by atoms with Gasteiger partial charge >= 0.3 is 5.69 Å². The van der Waals surface area contributed by atoms with Gasteiger partial charge in [-0.15, -0.1) is 0 Å². The van der Waals surface area contributed by atoms with Gasteiger partial charge in [-0.25, -0.2) is 0 Å². The van der Waals surface area contributed by atoms with Crippen molar-refractivity contribution in [2.75, 3.05) is 0 Å². The van der Waals surface area contributed by atoms with E-state index in [4.69, 9.17) is 5.73 Å². The number of hydrogen-bond acceptors (Lipinski definition) is 3. The number of rotatable bonds is 5. The summed E-state index contributed by atoms with van der Waals surface area (Å²) in [5, 5.41) is 10.6. The topological polar surface area (TPSA) is 69.2 Å². The van der Waals surface area contributed by atoms with Gasteiger partial charge in [-0.2, -0.15) is 4.39 Å². The third-order valence-electron chi connectivity index (χ3n) is 3.21. The fourth-order valence-corrected chi connectivity index (χ4v) is 1.72. The van der Waals surface area contributed by atoms with Crippen LogP contribution in [-0.2, 0) is 6.42 Å². The van der Waals surface area contributed by atoms with Crippen LogP contribution >= 0.6 is 0 Å². The van der Waals surface area contributed by atoms with Crippen molar-refractivity contribution in [1.82, 2.24) is 0 Å². The molecule has 0 radical (unpaired) electrons. The van der Waals surface area contributed by atoms with Crippen LogP contribution in [0.3, 0.4) is 0 Å². The Labute approximate surface area is 99.8 Å². The molecule has 4 nitrogen and oxygen atoms in total. The zero-order chi connectivity index (χ0) is 13.1. The first kappa shape index (κ1) is 13.6. The third-order valence-corrected chi connectivity index (χ3v) is 3.21. The highest BCUT2D eigenvalue weighted by atomic mass is 19.1. The molecular weight excluding hydrogens is 223 g/mol. The number of nitro benzene ring substituents is 1. The van der Waals surface area contributed by atoms with Crippen LogP contribution in [0, 0.1) is 15.9 Å². The van der Waals surface area contributed by atoms with Gasteiger partial charge < -0.3 is 5.73 Å². The monoisotopic (exact) mass is 240 g/mol. The Hall–Kier alpha value is -1.49. The Morgan fingerprint density at radius 3 is 2.47 bits per heavy atom. The first-order chi connectivity index (χ1) is 7.93. The average Bonchev–Trinajstić information content (AvgIpc) is 2.31. The molecule has 0 heterocycles. The zero-order valence-corrected chi connectivity index (χ0v) is 10.1. The Kier molecular flexibility index (Phi) is 4.17. The second kappa shape index (κ2) is 5.23. The summed E-state index contributed by atoms with van der Waals surface area (Å²) in [5.74, 6) is -0.769. The molecule has 0 spiro atoms. The van der Waals surface area contributed by atoms with Crippen molar-refractivity contribution in [2.24, 2.45) is 5.73 Å². The normalized spacial score (nSPS) is 11.5. The summed E-state index contributed by atoms with van der Waals surface area (Å²) in [7, 11) is 0. The van der Waals surface area contributed by atoms with Crippen molar-refractivity contribution < 1.29 is 9.31 Å². The van der Waals surface area contributed by atoms with Crippen molar-refractivity contribution in [2.45, 2.75) is 38.6 Å². The minimum absolute atomic E-state index is 0.311. The van der Waals surface area contributed by atoms with Gasteiger partial charge in [-0.05, 0) is 24.8 Å². The van der Waals surface area contributed by atoms with Gasteiger partial charge in [-0.1, -0.05) is 26.0 Å². The fraction of sp³-hybridized carbons (Fsp3) is 0.500. The molecule has 1 aromatic rings. The van der Waals surface area contributed by atoms with E-state index in [1.54, 1.807) is 6.07 Å². The standard InChI is InChI=1S/C12H17FN2O2/c1-3-12(14,4-2)8-9-6-5-7-10(11(9)13)15(16)17/h5-7H,3-4,8,14H2,1-2H3. The maximum atomic E-state index is 13.8. The molecule has 5 heteroatoms. The van der Waals surface area contributed by atoms with Crippen molar-refractivity contribution >= 4 is 5.69 Å². The average molecular weight is 240 g/mol. The fourth-order valence-electron chi connectivity index (χ4n) is 1.72. The molecular formula is C12H17FN2O2. The Morgan fingerprint density at radius 2 is 2.00 bits per heavy atom. The number of nitrogens with zero attached hydrogens (tertiary/aromatic N) is 1. The molecule has 0 aliphatic carbocycles. The van der Waals surface area contributed by atoms with Crippen LogP contribution in [-0.4, -0.2) is 10.5 Å². The second-order valence-electron chi connectivity index (χ2n) is 4.25. The number of halogens is 1. The van der Waals surface area contributed by atoms with E-state index in [1.165, 1.54) is 6.07 Å². The van der Waals surface area contributed by atoms with Crippen molar-refractivity contribution in [3.63, 3.8) is 0 Å². The Bertz CT molecular complexity index is 417. The van der Waals surface area contributed by atoms with E-state index in [1.807, 2.05) is 13.8 Å². The zero-order valence-electron chi connectivity index (χ0n) is 10.1. The molecule has 0 aliphatic rings. The van der Waals surface area contributed by atoms with E-state index in [2.05, 4.69) is 0 Å². The smallest absolute Gasteiger partial charge is 0.305 e. The minimum atomic E-state index is -0.769. The molecule has 0 fully saturated rings. The summed E-state index contributed by atoms with van der Waals surface area (Å²) < 4.78 is 13.8. The van der Waals surface area contributed by atoms with Gasteiger partial charge in [0.1, 0.15) is 0 Å². The van der Waals surface area contributed by atoms with Crippen molar-refractivity contribution in [3.05, 3.63) is 39.7 Å². The lowest BCUT2D eigenvalue weighted by Crippen LogP contribution is -2.40. The first-order valence-corrected chi connectivity index (χ1v) is 5.64. The molecule has 0 amide bonds. The summed E-state index contributed by atoms with van der Waals surface area (Å²) in [6.45, 7) is 3.86. The molecule has 1 aromatic carbocycles. The molecule has 0 bridgehead atoms. The summed E-state index contributed by atoms with van der Waals surface area (Å²) >= 11 is 0. The summed E-state index contributed by atoms with van der Waals surface area (Å²) in [5.41, 5.74) is 5.40. The van der Waals surface area contributed by atoms with E-state index < -0.39 is 22.0 Å². The Morgan fingerprint density at radius 1 is 1.41 bits per heavy atom. The summed E-state index contributed by atoms with van der Waals surface area (Å²) in [6.07, 6.45) is 1.71. The molecule has 0 atom stereocenters. The van der Waals surface area contributed by atoms with Crippen LogP contribution in [0.4, 0.5) is 10.1 Å². The molecule has 0 unspecified atom stereocenters. The quantitative estimate of drug-likeness (QED) is 0.635. The van der Waals surface area contributed by atoms with Crippen LogP contribution < -0.4 is 5.73 Å². The Balaban J connectivity index is 3.08. The van der Waals surface area contributed by atoms with Gasteiger partial charge in [-0.3, -0.25) is 10.1 Å². The lowest BCUT2D eigenvalue weighted by molar-refractivity contribution is -0.387. The predicted octanol–water partition coefficient (Wildman–Crippen LogP) is 2.79. The highest BCUT2D eigenvalue weighted by Crippen LogP contribution is 2.25. The van der Waals surface area contributed by atoms with Crippen molar-refractivity contribution in [1.29, 1.82) is 0 Å². The largest absolute Gasteiger partial charge is 0.325 e. The SMILES string of the molecule is CCC(N)(CC)Cc1cccc([N+](=O)[O-])c1F. The van der Waals surface area contributed by atoms with Crippen LogP contribution in [0.2, 0.25) is 0 Å². The maximum Gasteiger partial charge on any atom is 0.305 e. The van der Waals surface area contributed by atoms with Gasteiger partial charge in [0.15, 0.2) is 0 Å². The van der Waals surface area contributed by atoms with Gasteiger partial charge in [0.05, 0.1) is 4.92 Å². The molecule has 17 heavy (non-hydrogen) atoms. The molecule has 0 aliphatic heterocycles. The van der Waals surface area contributed by atoms with E-state index >= 15 is 0 Å². The molecule has 0 saturated heterocycles. The highest BCUT2D eigenvalue weighted by molar-refractivity contribution is 5.37. The van der Waals surface area contributed by atoms with E-state index in [9.17, 15) is 14.5 Å². The number of benzene rings is 1.